The number of aliphatic hydroxyl groups excluding tert-OH is 1. The van der Waals surface area contributed by atoms with Crippen molar-refractivity contribution in [2.75, 3.05) is 6.61 Å². The molecule has 2 aromatic carbocycles. The van der Waals surface area contributed by atoms with Gasteiger partial charge in [-0.2, -0.15) is 0 Å². The van der Waals surface area contributed by atoms with Gasteiger partial charge in [0.2, 0.25) is 5.78 Å². The van der Waals surface area contributed by atoms with E-state index in [-0.39, 0.29) is 18.1 Å². The molecule has 0 spiro atoms. The van der Waals surface area contributed by atoms with Gasteiger partial charge in [0.1, 0.15) is 12.7 Å². The van der Waals surface area contributed by atoms with Crippen LogP contribution in [0.4, 0.5) is 0 Å². The number of hydrogen-bond acceptors (Lipinski definition) is 4. The minimum absolute atomic E-state index is 0.110. The first-order valence-electron chi connectivity index (χ1n) is 8.02. The van der Waals surface area contributed by atoms with Gasteiger partial charge in [-0.1, -0.05) is 56.1 Å². The topological polar surface area (TPSA) is 55.8 Å². The van der Waals surface area contributed by atoms with E-state index in [2.05, 4.69) is 31.9 Å². The van der Waals surface area contributed by atoms with E-state index in [1.165, 1.54) is 0 Å². The standard InChI is InChI=1S/C20H14Br2O4/c21-13-5-1-11(2-6-13)9-16-18(24)17(12-3-7-14(22)8-4-12)20-19(26-16)15(23)10-25-20/h1-9,15,19,23H,10H2/b16-9-/t15-,19-/m1/s1. The van der Waals surface area contributed by atoms with Gasteiger partial charge in [0, 0.05) is 8.95 Å². The fraction of sp³-hybridized carbons (Fsp3) is 0.150. The Labute approximate surface area is 167 Å². The Morgan fingerprint density at radius 3 is 2.27 bits per heavy atom. The number of carbonyl (C=O) groups is 1. The van der Waals surface area contributed by atoms with Crippen LogP contribution in [0.25, 0.3) is 11.6 Å². The maximum atomic E-state index is 13.1. The smallest absolute Gasteiger partial charge is 0.231 e. The third-order valence-corrected chi connectivity index (χ3v) is 5.33. The Balaban J connectivity index is 1.80. The van der Waals surface area contributed by atoms with Crippen molar-refractivity contribution in [2.45, 2.75) is 12.2 Å². The molecule has 1 saturated heterocycles. The van der Waals surface area contributed by atoms with Crippen molar-refractivity contribution >= 4 is 49.3 Å². The highest BCUT2D eigenvalue weighted by molar-refractivity contribution is 9.10. The number of benzene rings is 2. The summed E-state index contributed by atoms with van der Waals surface area (Å²) in [6.45, 7) is 0.110. The first-order chi connectivity index (χ1) is 12.5. The zero-order chi connectivity index (χ0) is 18.3. The van der Waals surface area contributed by atoms with Gasteiger partial charge in [0.15, 0.2) is 17.6 Å². The van der Waals surface area contributed by atoms with E-state index in [9.17, 15) is 9.90 Å². The van der Waals surface area contributed by atoms with E-state index < -0.39 is 12.2 Å². The molecule has 132 valence electrons. The molecule has 0 radical (unpaired) electrons. The first kappa shape index (κ1) is 17.5. The van der Waals surface area contributed by atoms with Crippen LogP contribution in [0, 0.1) is 0 Å². The van der Waals surface area contributed by atoms with Crippen molar-refractivity contribution in [3.63, 3.8) is 0 Å². The summed E-state index contributed by atoms with van der Waals surface area (Å²) in [6, 6.07) is 15.0. The summed E-state index contributed by atoms with van der Waals surface area (Å²) in [7, 11) is 0. The number of halogens is 2. The molecule has 1 N–H and O–H groups in total. The summed E-state index contributed by atoms with van der Waals surface area (Å²) in [4.78, 5) is 13.1. The lowest BCUT2D eigenvalue weighted by molar-refractivity contribution is -0.116. The van der Waals surface area contributed by atoms with Crippen molar-refractivity contribution < 1.29 is 19.4 Å². The average molecular weight is 478 g/mol. The van der Waals surface area contributed by atoms with Crippen molar-refractivity contribution in [3.8, 4) is 0 Å². The lowest BCUT2D eigenvalue weighted by Gasteiger charge is -2.25. The predicted molar refractivity (Wildman–Crippen MR) is 105 cm³/mol. The molecule has 0 bridgehead atoms. The Hall–Kier alpha value is -1.89. The third kappa shape index (κ3) is 3.24. The number of aliphatic hydroxyl groups is 1. The molecular weight excluding hydrogens is 464 g/mol. The summed E-state index contributed by atoms with van der Waals surface area (Å²) in [5.74, 6) is 0.344. The summed E-state index contributed by atoms with van der Waals surface area (Å²) in [5.41, 5.74) is 2.01. The summed E-state index contributed by atoms with van der Waals surface area (Å²) >= 11 is 6.79. The SMILES string of the molecule is O=C1C(c2ccc(Br)cc2)=C2OC[C@@H](O)[C@H]2O/C1=C\c1ccc(Br)cc1. The summed E-state index contributed by atoms with van der Waals surface area (Å²) < 4.78 is 13.3. The quantitative estimate of drug-likeness (QED) is 0.654. The van der Waals surface area contributed by atoms with Crippen LogP contribution in [-0.2, 0) is 14.3 Å². The van der Waals surface area contributed by atoms with Crippen LogP contribution < -0.4 is 0 Å². The average Bonchev–Trinajstić information content (AvgIpc) is 2.99. The molecule has 2 aliphatic heterocycles. The molecule has 0 amide bonds. The molecule has 4 rings (SSSR count). The maximum Gasteiger partial charge on any atom is 0.231 e. The van der Waals surface area contributed by atoms with Crippen molar-refractivity contribution in [1.29, 1.82) is 0 Å². The molecule has 0 aromatic heterocycles. The van der Waals surface area contributed by atoms with Gasteiger partial charge < -0.3 is 14.6 Å². The molecule has 6 heteroatoms. The molecule has 4 nitrogen and oxygen atoms in total. The zero-order valence-corrected chi connectivity index (χ0v) is 16.7. The largest absolute Gasteiger partial charge is 0.490 e. The predicted octanol–water partition coefficient (Wildman–Crippen LogP) is 4.32. The Morgan fingerprint density at radius 2 is 1.62 bits per heavy atom. The van der Waals surface area contributed by atoms with Crippen LogP contribution in [0.1, 0.15) is 11.1 Å². The molecule has 2 heterocycles. The van der Waals surface area contributed by atoms with E-state index in [1.54, 1.807) is 6.08 Å². The highest BCUT2D eigenvalue weighted by Crippen LogP contribution is 2.38. The highest BCUT2D eigenvalue weighted by Gasteiger charge is 2.44. The number of allylic oxidation sites excluding steroid dienone is 1. The van der Waals surface area contributed by atoms with E-state index in [4.69, 9.17) is 9.47 Å². The molecular formula is C20H14Br2O4. The molecule has 0 saturated carbocycles. The Bertz CT molecular complexity index is 914. The number of Topliss-reactive ketones (excluding diaryl/α,β-unsaturated/α-hetero) is 1. The van der Waals surface area contributed by atoms with Gasteiger partial charge in [-0.15, -0.1) is 0 Å². The van der Waals surface area contributed by atoms with Gasteiger partial charge in [-0.05, 0) is 41.5 Å². The van der Waals surface area contributed by atoms with Crippen molar-refractivity contribution in [3.05, 3.63) is 80.1 Å². The second-order valence-corrected chi connectivity index (χ2v) is 7.88. The molecule has 2 atom stereocenters. The number of hydrogen-bond donors (Lipinski definition) is 1. The van der Waals surface area contributed by atoms with Crippen LogP contribution in [0.15, 0.2) is 69.0 Å². The lowest BCUT2D eigenvalue weighted by Crippen LogP contribution is -2.32. The molecule has 1 fully saturated rings. The van der Waals surface area contributed by atoms with Crippen LogP contribution in [-0.4, -0.2) is 29.7 Å². The normalized spacial score (nSPS) is 23.7. The molecule has 0 unspecified atom stereocenters. The van der Waals surface area contributed by atoms with Crippen LogP contribution in [0.3, 0.4) is 0 Å². The zero-order valence-electron chi connectivity index (χ0n) is 13.5. The first-order valence-corrected chi connectivity index (χ1v) is 9.61. The minimum atomic E-state index is -0.808. The van der Waals surface area contributed by atoms with Gasteiger partial charge in [0.25, 0.3) is 0 Å². The minimum Gasteiger partial charge on any atom is -0.490 e. The number of ketones is 1. The summed E-state index contributed by atoms with van der Waals surface area (Å²) in [5, 5.41) is 10.2. The fourth-order valence-electron chi connectivity index (χ4n) is 2.99. The Kier molecular flexibility index (Phi) is 4.73. The van der Waals surface area contributed by atoms with Gasteiger partial charge in [-0.25, -0.2) is 0 Å². The highest BCUT2D eigenvalue weighted by atomic mass is 79.9. The fourth-order valence-corrected chi connectivity index (χ4v) is 3.52. The van der Waals surface area contributed by atoms with Gasteiger partial charge >= 0.3 is 0 Å². The van der Waals surface area contributed by atoms with E-state index in [0.717, 1.165) is 20.1 Å². The molecule has 2 aliphatic rings. The van der Waals surface area contributed by atoms with E-state index in [0.29, 0.717) is 11.3 Å². The van der Waals surface area contributed by atoms with E-state index >= 15 is 0 Å². The number of rotatable bonds is 2. The molecule has 26 heavy (non-hydrogen) atoms. The van der Waals surface area contributed by atoms with Crippen LogP contribution >= 0.6 is 31.9 Å². The second-order valence-electron chi connectivity index (χ2n) is 6.05. The van der Waals surface area contributed by atoms with Gasteiger partial charge in [-0.3, -0.25) is 4.79 Å². The van der Waals surface area contributed by atoms with Crippen LogP contribution in [0.2, 0.25) is 0 Å². The van der Waals surface area contributed by atoms with Crippen molar-refractivity contribution in [1.82, 2.24) is 0 Å². The number of carbonyl (C=O) groups excluding carboxylic acids is 1. The maximum absolute atomic E-state index is 13.1. The molecule has 0 aliphatic carbocycles. The third-order valence-electron chi connectivity index (χ3n) is 4.27. The monoisotopic (exact) mass is 476 g/mol. The molecule has 2 aromatic rings. The second kappa shape index (κ2) is 7.02. The van der Waals surface area contributed by atoms with Crippen molar-refractivity contribution in [2.24, 2.45) is 0 Å². The lowest BCUT2D eigenvalue weighted by atomic mass is 9.94. The van der Waals surface area contributed by atoms with Gasteiger partial charge in [0.05, 0.1) is 5.57 Å². The summed E-state index contributed by atoms with van der Waals surface area (Å²) in [6.07, 6.45) is 0.208. The Morgan fingerprint density at radius 1 is 1.00 bits per heavy atom. The number of ether oxygens (including phenoxy) is 2. The number of fused-ring (bicyclic) bond motifs is 1. The van der Waals surface area contributed by atoms with E-state index in [1.807, 2.05) is 48.5 Å². The van der Waals surface area contributed by atoms with Crippen LogP contribution in [0.5, 0.6) is 0 Å².